The predicted octanol–water partition coefficient (Wildman–Crippen LogP) is 3.11. The van der Waals surface area contributed by atoms with Gasteiger partial charge in [0, 0.05) is 18.5 Å². The molecule has 0 unspecified atom stereocenters. The molecule has 5 nitrogen and oxygen atoms in total. The van der Waals surface area contributed by atoms with Crippen molar-refractivity contribution >= 4 is 17.2 Å². The number of benzene rings is 1. The number of hydrogen-bond acceptors (Lipinski definition) is 5. The van der Waals surface area contributed by atoms with Crippen LogP contribution in [0.5, 0.6) is 5.75 Å². The Kier molecular flexibility index (Phi) is 6.55. The number of carbonyl (C=O) groups is 1. The van der Waals surface area contributed by atoms with E-state index in [9.17, 15) is 4.79 Å². The number of carbonyl (C=O) groups excluding carboxylic acids is 1. The molecule has 124 valence electrons. The molecular weight excluding hydrogens is 312 g/mol. The Balaban J connectivity index is 1.93. The first-order chi connectivity index (χ1) is 11.1. The topological polar surface area (TPSA) is 51.7 Å². The standard InChI is InChI=1S/C17H22N2O3S/c1-13(2)19(17(20)11-21-3)9-14-12-23-16(18-14)10-22-15-7-5-4-6-8-15/h4-8,12-13H,9-11H2,1-3H3. The smallest absolute Gasteiger partial charge is 0.249 e. The highest BCUT2D eigenvalue weighted by Gasteiger charge is 2.18. The number of rotatable bonds is 8. The molecule has 6 heteroatoms. The Hall–Kier alpha value is -1.92. The molecule has 0 aliphatic rings. The Labute approximate surface area is 140 Å². The Morgan fingerprint density at radius 1 is 1.30 bits per heavy atom. The van der Waals surface area contributed by atoms with E-state index in [4.69, 9.17) is 9.47 Å². The highest BCUT2D eigenvalue weighted by Crippen LogP contribution is 2.17. The summed E-state index contributed by atoms with van der Waals surface area (Å²) in [5.74, 6) is 0.793. The zero-order valence-electron chi connectivity index (χ0n) is 13.7. The van der Waals surface area contributed by atoms with E-state index in [0.29, 0.717) is 13.2 Å². The van der Waals surface area contributed by atoms with E-state index in [-0.39, 0.29) is 18.6 Å². The van der Waals surface area contributed by atoms with Crippen molar-refractivity contribution in [2.24, 2.45) is 0 Å². The lowest BCUT2D eigenvalue weighted by atomic mass is 10.3. The maximum atomic E-state index is 12.1. The summed E-state index contributed by atoms with van der Waals surface area (Å²) in [6.45, 7) is 4.98. The predicted molar refractivity (Wildman–Crippen MR) is 90.5 cm³/mol. The summed E-state index contributed by atoms with van der Waals surface area (Å²) in [5, 5.41) is 2.87. The van der Waals surface area contributed by atoms with Crippen LogP contribution in [-0.2, 0) is 22.7 Å². The van der Waals surface area contributed by atoms with Crippen molar-refractivity contribution in [1.82, 2.24) is 9.88 Å². The van der Waals surface area contributed by atoms with Gasteiger partial charge in [-0.3, -0.25) is 4.79 Å². The van der Waals surface area contributed by atoms with E-state index in [1.807, 2.05) is 49.6 Å². The van der Waals surface area contributed by atoms with Gasteiger partial charge in [-0.15, -0.1) is 11.3 Å². The minimum absolute atomic E-state index is 0.0300. The minimum Gasteiger partial charge on any atom is -0.486 e. The third kappa shape index (κ3) is 5.33. The van der Waals surface area contributed by atoms with Crippen LogP contribution in [0.4, 0.5) is 0 Å². The molecular formula is C17H22N2O3S. The van der Waals surface area contributed by atoms with Crippen LogP contribution in [0, 0.1) is 0 Å². The molecule has 0 fully saturated rings. The molecule has 1 aromatic heterocycles. The van der Waals surface area contributed by atoms with Crippen molar-refractivity contribution in [3.63, 3.8) is 0 Å². The van der Waals surface area contributed by atoms with Crippen LogP contribution in [0.2, 0.25) is 0 Å². The van der Waals surface area contributed by atoms with Crippen LogP contribution in [0.25, 0.3) is 0 Å². The first-order valence-corrected chi connectivity index (χ1v) is 8.37. The van der Waals surface area contributed by atoms with E-state index in [1.165, 1.54) is 7.11 Å². The number of nitrogens with zero attached hydrogens (tertiary/aromatic N) is 2. The summed E-state index contributed by atoms with van der Waals surface area (Å²) in [5.41, 5.74) is 0.875. The van der Waals surface area contributed by atoms with E-state index in [2.05, 4.69) is 4.98 Å². The highest BCUT2D eigenvalue weighted by molar-refractivity contribution is 7.09. The average Bonchev–Trinajstić information content (AvgIpc) is 2.99. The van der Waals surface area contributed by atoms with Crippen molar-refractivity contribution in [2.45, 2.75) is 33.0 Å². The first-order valence-electron chi connectivity index (χ1n) is 7.49. The largest absolute Gasteiger partial charge is 0.486 e. The van der Waals surface area contributed by atoms with Crippen LogP contribution < -0.4 is 4.74 Å². The Morgan fingerprint density at radius 2 is 2.04 bits per heavy atom. The van der Waals surface area contributed by atoms with Gasteiger partial charge in [0.1, 0.15) is 24.0 Å². The van der Waals surface area contributed by atoms with E-state index in [1.54, 1.807) is 16.2 Å². The lowest BCUT2D eigenvalue weighted by molar-refractivity contribution is -0.137. The molecule has 0 aliphatic carbocycles. The van der Waals surface area contributed by atoms with Crippen molar-refractivity contribution in [1.29, 1.82) is 0 Å². The summed E-state index contributed by atoms with van der Waals surface area (Å²) in [4.78, 5) is 18.4. The van der Waals surface area contributed by atoms with Crippen LogP contribution >= 0.6 is 11.3 Å². The second-order valence-electron chi connectivity index (χ2n) is 5.38. The maximum Gasteiger partial charge on any atom is 0.249 e. The number of methoxy groups -OCH3 is 1. The van der Waals surface area contributed by atoms with E-state index in [0.717, 1.165) is 16.5 Å². The summed E-state index contributed by atoms with van der Waals surface area (Å²) in [6.07, 6.45) is 0. The molecule has 0 atom stereocenters. The third-order valence-electron chi connectivity index (χ3n) is 3.25. The molecule has 0 bridgehead atoms. The molecule has 0 spiro atoms. The molecule has 1 amide bonds. The molecule has 2 aromatic rings. The van der Waals surface area contributed by atoms with Crippen LogP contribution in [0.3, 0.4) is 0 Å². The molecule has 0 saturated heterocycles. The van der Waals surface area contributed by atoms with Gasteiger partial charge in [0.2, 0.25) is 5.91 Å². The minimum atomic E-state index is -0.0300. The van der Waals surface area contributed by atoms with Crippen molar-refractivity contribution in [3.8, 4) is 5.75 Å². The normalized spacial score (nSPS) is 10.8. The van der Waals surface area contributed by atoms with Gasteiger partial charge in [-0.05, 0) is 26.0 Å². The van der Waals surface area contributed by atoms with E-state index < -0.39 is 0 Å². The van der Waals surface area contributed by atoms with Gasteiger partial charge in [0.05, 0.1) is 12.2 Å². The van der Waals surface area contributed by atoms with Crippen molar-refractivity contribution < 1.29 is 14.3 Å². The number of amides is 1. The maximum absolute atomic E-state index is 12.1. The fraction of sp³-hybridized carbons (Fsp3) is 0.412. The molecule has 2 rings (SSSR count). The van der Waals surface area contributed by atoms with Gasteiger partial charge < -0.3 is 14.4 Å². The number of thiazole rings is 1. The molecule has 1 aromatic carbocycles. The fourth-order valence-corrected chi connectivity index (χ4v) is 2.79. The molecule has 0 radical (unpaired) electrons. The highest BCUT2D eigenvalue weighted by atomic mass is 32.1. The third-order valence-corrected chi connectivity index (χ3v) is 4.12. The Morgan fingerprint density at radius 3 is 2.70 bits per heavy atom. The second kappa shape index (κ2) is 8.64. The van der Waals surface area contributed by atoms with Crippen molar-refractivity contribution in [3.05, 3.63) is 46.4 Å². The lowest BCUT2D eigenvalue weighted by Crippen LogP contribution is -2.38. The van der Waals surface area contributed by atoms with Gasteiger partial charge in [-0.2, -0.15) is 0 Å². The Bertz CT molecular complexity index is 613. The van der Waals surface area contributed by atoms with E-state index >= 15 is 0 Å². The fourth-order valence-electron chi connectivity index (χ4n) is 2.09. The van der Waals surface area contributed by atoms with Gasteiger partial charge in [-0.1, -0.05) is 18.2 Å². The quantitative estimate of drug-likeness (QED) is 0.744. The summed E-state index contributed by atoms with van der Waals surface area (Å²) >= 11 is 1.54. The summed E-state index contributed by atoms with van der Waals surface area (Å²) < 4.78 is 10.6. The summed E-state index contributed by atoms with van der Waals surface area (Å²) in [6, 6.07) is 9.75. The summed E-state index contributed by atoms with van der Waals surface area (Å²) in [7, 11) is 1.53. The monoisotopic (exact) mass is 334 g/mol. The number of aromatic nitrogens is 1. The number of ether oxygens (including phenoxy) is 2. The van der Waals surface area contributed by atoms with Gasteiger partial charge in [0.15, 0.2) is 0 Å². The van der Waals surface area contributed by atoms with Crippen LogP contribution in [0.1, 0.15) is 24.5 Å². The molecule has 0 aliphatic heterocycles. The molecule has 0 saturated carbocycles. The molecule has 0 N–H and O–H groups in total. The van der Waals surface area contributed by atoms with Gasteiger partial charge in [0.25, 0.3) is 0 Å². The second-order valence-corrected chi connectivity index (χ2v) is 6.33. The van der Waals surface area contributed by atoms with Crippen LogP contribution in [0.15, 0.2) is 35.7 Å². The van der Waals surface area contributed by atoms with Crippen molar-refractivity contribution in [2.75, 3.05) is 13.7 Å². The average molecular weight is 334 g/mol. The number of hydrogen-bond donors (Lipinski definition) is 0. The van der Waals surface area contributed by atoms with Gasteiger partial charge in [-0.25, -0.2) is 4.98 Å². The first kappa shape index (κ1) is 17.4. The zero-order chi connectivity index (χ0) is 16.7. The SMILES string of the molecule is COCC(=O)N(Cc1csc(COc2ccccc2)n1)C(C)C. The molecule has 1 heterocycles. The van der Waals surface area contributed by atoms with Crippen LogP contribution in [-0.4, -0.2) is 35.5 Å². The molecule has 23 heavy (non-hydrogen) atoms. The lowest BCUT2D eigenvalue weighted by Gasteiger charge is -2.25. The number of para-hydroxylation sites is 1. The van der Waals surface area contributed by atoms with Gasteiger partial charge >= 0.3 is 0 Å². The zero-order valence-corrected chi connectivity index (χ0v) is 14.5.